The fraction of sp³-hybridized carbons (Fsp3) is 0.333. The Morgan fingerprint density at radius 3 is 2.39 bits per heavy atom. The number of benzene rings is 2. The molecule has 1 unspecified atom stereocenters. The van der Waals surface area contributed by atoms with E-state index in [0.29, 0.717) is 16.6 Å². The first-order chi connectivity index (χ1) is 15.6. The molecule has 1 atom stereocenters. The van der Waals surface area contributed by atoms with Crippen molar-refractivity contribution in [2.45, 2.75) is 52.0 Å². The molecule has 3 aromatic rings. The predicted molar refractivity (Wildman–Crippen MR) is 120 cm³/mol. The summed E-state index contributed by atoms with van der Waals surface area (Å²) in [6, 6.07) is 15.0. The maximum atomic E-state index is 12.3. The molecule has 0 saturated carbocycles. The van der Waals surface area contributed by atoms with E-state index >= 15 is 0 Å². The number of hydrogen-bond acceptors (Lipinski definition) is 6. The van der Waals surface area contributed by atoms with Crippen molar-refractivity contribution in [3.05, 3.63) is 65.9 Å². The number of fused-ring (bicyclic) bond motifs is 1. The van der Waals surface area contributed by atoms with Crippen LogP contribution >= 0.6 is 0 Å². The average Bonchev–Trinajstić information content (AvgIpc) is 3.08. The van der Waals surface area contributed by atoms with Crippen LogP contribution in [0.4, 0.5) is 4.79 Å². The Bertz CT molecular complexity index is 1130. The van der Waals surface area contributed by atoms with Gasteiger partial charge in [-0.25, -0.2) is 9.59 Å². The Kier molecular flexibility index (Phi) is 7.32. The lowest BCUT2D eigenvalue weighted by Crippen LogP contribution is -2.42. The number of aliphatic carboxylic acids is 1. The van der Waals surface area contributed by atoms with Crippen LogP contribution in [0.15, 0.2) is 54.6 Å². The van der Waals surface area contributed by atoms with Crippen molar-refractivity contribution in [1.29, 1.82) is 0 Å². The molecule has 2 aromatic carbocycles. The highest BCUT2D eigenvalue weighted by Crippen LogP contribution is 2.20. The Labute approximate surface area is 191 Å². The summed E-state index contributed by atoms with van der Waals surface area (Å²) in [4.78, 5) is 36.3. The van der Waals surface area contributed by atoms with Crippen LogP contribution in [0.5, 0.6) is 0 Å². The zero-order chi connectivity index (χ0) is 24.0. The molecule has 0 saturated heterocycles. The minimum absolute atomic E-state index is 0.0203. The SMILES string of the molecule is CC(C)(C)OC(=O)Cn1nc(CC(NC(=O)OCc2ccccc2)C(=O)O)c2ccccc21. The molecule has 3 rings (SSSR count). The van der Waals surface area contributed by atoms with Crippen molar-refractivity contribution < 1.29 is 29.0 Å². The van der Waals surface area contributed by atoms with Gasteiger partial charge in [-0.05, 0) is 32.4 Å². The van der Waals surface area contributed by atoms with E-state index in [9.17, 15) is 19.5 Å². The predicted octanol–water partition coefficient (Wildman–Crippen LogP) is 3.30. The normalized spacial score (nSPS) is 12.2. The Morgan fingerprint density at radius 2 is 1.73 bits per heavy atom. The summed E-state index contributed by atoms with van der Waals surface area (Å²) in [6.07, 6.45) is -0.929. The smallest absolute Gasteiger partial charge is 0.408 e. The van der Waals surface area contributed by atoms with Gasteiger partial charge in [0.25, 0.3) is 0 Å². The first-order valence-corrected chi connectivity index (χ1v) is 10.5. The van der Waals surface area contributed by atoms with Crippen LogP contribution in [0, 0.1) is 0 Å². The molecule has 0 aliphatic carbocycles. The Morgan fingerprint density at radius 1 is 1.06 bits per heavy atom. The van der Waals surface area contributed by atoms with E-state index in [1.54, 1.807) is 57.2 Å². The molecule has 9 heteroatoms. The summed E-state index contributed by atoms with van der Waals surface area (Å²) in [5.74, 6) is -1.68. The largest absolute Gasteiger partial charge is 0.480 e. The maximum absolute atomic E-state index is 12.3. The number of amides is 1. The molecular weight excluding hydrogens is 426 g/mol. The summed E-state index contributed by atoms with van der Waals surface area (Å²) in [7, 11) is 0. The number of alkyl carbamates (subject to hydrolysis) is 1. The van der Waals surface area contributed by atoms with Gasteiger partial charge in [-0.2, -0.15) is 5.10 Å². The summed E-state index contributed by atoms with van der Waals surface area (Å²) in [5.41, 5.74) is 1.24. The zero-order valence-corrected chi connectivity index (χ0v) is 18.8. The van der Waals surface area contributed by atoms with Gasteiger partial charge in [-0.3, -0.25) is 9.48 Å². The first kappa shape index (κ1) is 23.8. The highest BCUT2D eigenvalue weighted by Gasteiger charge is 2.25. The van der Waals surface area contributed by atoms with Gasteiger partial charge in [-0.15, -0.1) is 0 Å². The molecule has 1 aromatic heterocycles. The lowest BCUT2D eigenvalue weighted by Gasteiger charge is -2.19. The molecule has 1 amide bonds. The molecule has 0 bridgehead atoms. The third-order valence-electron chi connectivity index (χ3n) is 4.63. The number of carboxylic acids is 1. The van der Waals surface area contributed by atoms with Gasteiger partial charge >= 0.3 is 18.0 Å². The number of nitrogens with zero attached hydrogens (tertiary/aromatic N) is 2. The fourth-order valence-corrected chi connectivity index (χ4v) is 3.26. The van der Waals surface area contributed by atoms with E-state index in [1.807, 2.05) is 18.2 Å². The van der Waals surface area contributed by atoms with E-state index in [1.165, 1.54) is 4.68 Å². The molecule has 1 heterocycles. The topological polar surface area (TPSA) is 120 Å². The van der Waals surface area contributed by atoms with Gasteiger partial charge in [0, 0.05) is 11.8 Å². The summed E-state index contributed by atoms with van der Waals surface area (Å²) < 4.78 is 12.0. The van der Waals surface area contributed by atoms with E-state index in [4.69, 9.17) is 9.47 Å². The molecular formula is C24H27N3O6. The summed E-state index contributed by atoms with van der Waals surface area (Å²) in [6.45, 7) is 5.22. The minimum Gasteiger partial charge on any atom is -0.480 e. The van der Waals surface area contributed by atoms with Gasteiger partial charge in [0.1, 0.15) is 24.8 Å². The van der Waals surface area contributed by atoms with E-state index in [-0.39, 0.29) is 19.6 Å². The highest BCUT2D eigenvalue weighted by molar-refractivity contribution is 5.85. The van der Waals surface area contributed by atoms with Crippen LogP contribution in [0.25, 0.3) is 10.9 Å². The Balaban J connectivity index is 1.73. The molecule has 0 fully saturated rings. The minimum atomic E-state index is -1.26. The van der Waals surface area contributed by atoms with E-state index in [2.05, 4.69) is 10.4 Å². The number of nitrogens with one attached hydrogen (secondary N) is 1. The number of rotatable bonds is 8. The summed E-state index contributed by atoms with van der Waals surface area (Å²) >= 11 is 0. The molecule has 33 heavy (non-hydrogen) atoms. The van der Waals surface area contributed by atoms with Crippen LogP contribution in [-0.4, -0.2) is 44.6 Å². The third kappa shape index (κ3) is 6.80. The number of esters is 1. The molecule has 0 spiro atoms. The second-order valence-corrected chi connectivity index (χ2v) is 8.51. The van der Waals surface area contributed by atoms with Crippen molar-refractivity contribution in [3.63, 3.8) is 0 Å². The quantitative estimate of drug-likeness (QED) is 0.502. The fourth-order valence-electron chi connectivity index (χ4n) is 3.26. The van der Waals surface area contributed by atoms with Crippen LogP contribution < -0.4 is 5.32 Å². The number of ether oxygens (including phenoxy) is 2. The summed E-state index contributed by atoms with van der Waals surface area (Å²) in [5, 5.41) is 17.2. The second-order valence-electron chi connectivity index (χ2n) is 8.51. The number of para-hydroxylation sites is 1. The van der Waals surface area contributed by atoms with Crippen LogP contribution in [-0.2, 0) is 38.6 Å². The van der Waals surface area contributed by atoms with Gasteiger partial charge < -0.3 is 19.9 Å². The van der Waals surface area contributed by atoms with Crippen LogP contribution in [0.3, 0.4) is 0 Å². The maximum Gasteiger partial charge on any atom is 0.408 e. The molecule has 9 nitrogen and oxygen atoms in total. The van der Waals surface area contributed by atoms with Gasteiger partial charge in [0.05, 0.1) is 11.2 Å². The average molecular weight is 453 g/mol. The number of carbonyl (C=O) groups is 3. The standard InChI is InChI=1S/C24H27N3O6/c1-24(2,3)33-21(28)14-27-20-12-8-7-11-17(20)18(26-27)13-19(22(29)30)25-23(31)32-15-16-9-5-4-6-10-16/h4-12,19H,13-15H2,1-3H3,(H,25,31)(H,29,30). The lowest BCUT2D eigenvalue weighted by molar-refractivity contribution is -0.155. The monoisotopic (exact) mass is 453 g/mol. The van der Waals surface area contributed by atoms with Crippen molar-refractivity contribution in [1.82, 2.24) is 15.1 Å². The second kappa shape index (κ2) is 10.2. The van der Waals surface area contributed by atoms with Crippen molar-refractivity contribution in [2.24, 2.45) is 0 Å². The van der Waals surface area contributed by atoms with Crippen molar-refractivity contribution >= 4 is 28.9 Å². The van der Waals surface area contributed by atoms with Gasteiger partial charge in [0.2, 0.25) is 0 Å². The van der Waals surface area contributed by atoms with Gasteiger partial charge in [-0.1, -0.05) is 48.5 Å². The van der Waals surface area contributed by atoms with E-state index < -0.39 is 29.7 Å². The zero-order valence-electron chi connectivity index (χ0n) is 18.8. The molecule has 0 radical (unpaired) electrons. The van der Waals surface area contributed by atoms with E-state index in [0.717, 1.165) is 5.56 Å². The lowest BCUT2D eigenvalue weighted by atomic mass is 10.1. The number of carboxylic acid groups (broad SMARTS) is 1. The van der Waals surface area contributed by atoms with Crippen LogP contribution in [0.1, 0.15) is 32.0 Å². The molecule has 2 N–H and O–H groups in total. The molecule has 0 aliphatic heterocycles. The number of hydrogen-bond donors (Lipinski definition) is 2. The molecule has 174 valence electrons. The number of aromatic nitrogens is 2. The van der Waals surface area contributed by atoms with Crippen LogP contribution in [0.2, 0.25) is 0 Å². The van der Waals surface area contributed by atoms with Crippen molar-refractivity contribution in [2.75, 3.05) is 0 Å². The number of carbonyl (C=O) groups excluding carboxylic acids is 2. The first-order valence-electron chi connectivity index (χ1n) is 10.5. The Hall–Kier alpha value is -3.88. The molecule has 0 aliphatic rings. The third-order valence-corrected chi connectivity index (χ3v) is 4.63. The highest BCUT2D eigenvalue weighted by atomic mass is 16.6. The van der Waals surface area contributed by atoms with Crippen molar-refractivity contribution in [3.8, 4) is 0 Å². The van der Waals surface area contributed by atoms with Gasteiger partial charge in [0.15, 0.2) is 0 Å².